The number of nitrogens with one attached hydrogen (secondary N) is 1. The first-order valence-electron chi connectivity index (χ1n) is 10.8. The summed E-state index contributed by atoms with van der Waals surface area (Å²) in [5.41, 5.74) is 5.81. The molecule has 0 bridgehead atoms. The van der Waals surface area contributed by atoms with Crippen LogP contribution < -0.4 is 10.1 Å². The van der Waals surface area contributed by atoms with Crippen LogP contribution in [-0.2, 0) is 17.8 Å². The molecule has 160 valence electrons. The normalized spacial score (nSPS) is 17.1. The van der Waals surface area contributed by atoms with Crippen LogP contribution in [0.2, 0.25) is 0 Å². The predicted molar refractivity (Wildman–Crippen MR) is 123 cm³/mol. The Morgan fingerprint density at radius 1 is 1.06 bits per heavy atom. The number of aromatic nitrogens is 1. The minimum absolute atomic E-state index is 0.0780. The molecular weight excluding hydrogens is 386 g/mol. The Morgan fingerprint density at radius 2 is 1.81 bits per heavy atom. The van der Waals surface area contributed by atoms with Gasteiger partial charge in [0, 0.05) is 44.1 Å². The Kier molecular flexibility index (Phi) is 6.63. The van der Waals surface area contributed by atoms with Gasteiger partial charge in [-0.05, 0) is 53.8 Å². The zero-order valence-electron chi connectivity index (χ0n) is 18.2. The van der Waals surface area contributed by atoms with Crippen LogP contribution in [0.5, 0.6) is 5.75 Å². The fourth-order valence-electron chi connectivity index (χ4n) is 4.15. The smallest absolute Gasteiger partial charge is 0.224 e. The van der Waals surface area contributed by atoms with E-state index in [1.165, 1.54) is 11.1 Å². The number of carbonyl (C=O) groups is 1. The van der Waals surface area contributed by atoms with E-state index in [1.807, 2.05) is 12.1 Å². The maximum absolute atomic E-state index is 12.7. The molecule has 1 N–H and O–H groups in total. The zero-order chi connectivity index (χ0) is 21.6. The van der Waals surface area contributed by atoms with Gasteiger partial charge in [-0.25, -0.2) is 0 Å². The molecule has 1 unspecified atom stereocenters. The summed E-state index contributed by atoms with van der Waals surface area (Å²) in [6.45, 7) is 5.08. The number of hydrogen-bond acceptors (Lipinski definition) is 4. The monoisotopic (exact) mass is 415 g/mol. The topological polar surface area (TPSA) is 54.5 Å². The molecule has 2 aromatic carbocycles. The van der Waals surface area contributed by atoms with Crippen molar-refractivity contribution in [2.75, 3.05) is 26.7 Å². The second-order valence-electron chi connectivity index (χ2n) is 8.18. The van der Waals surface area contributed by atoms with Gasteiger partial charge in [-0.15, -0.1) is 0 Å². The second-order valence-corrected chi connectivity index (χ2v) is 8.18. The molecule has 1 saturated heterocycles. The molecule has 31 heavy (non-hydrogen) atoms. The molecule has 1 aromatic heterocycles. The van der Waals surface area contributed by atoms with Crippen LogP contribution >= 0.6 is 0 Å². The van der Waals surface area contributed by atoms with Gasteiger partial charge in [-0.1, -0.05) is 36.4 Å². The summed E-state index contributed by atoms with van der Waals surface area (Å²) in [5.74, 6) is 0.967. The number of rotatable bonds is 6. The molecule has 1 amide bonds. The van der Waals surface area contributed by atoms with Crippen molar-refractivity contribution in [3.05, 3.63) is 83.7 Å². The third-order valence-electron chi connectivity index (χ3n) is 5.86. The standard InChI is InChI=1S/C26H29N3O2/c1-19-3-6-23(25(15-19)31-2)17-29-14-13-28-26(30)24(18-29)16-20-4-7-21(8-5-20)22-9-11-27-12-10-22/h3-12,15,24H,13-14,16-18H2,1-2H3,(H,28,30). The zero-order valence-corrected chi connectivity index (χ0v) is 18.2. The second kappa shape index (κ2) is 9.75. The SMILES string of the molecule is COc1cc(C)ccc1CN1CCNC(=O)C(Cc2ccc(-c3ccncc3)cc2)C1. The number of pyridine rings is 1. The predicted octanol–water partition coefficient (Wildman–Crippen LogP) is 3.86. The average molecular weight is 416 g/mol. The van der Waals surface area contributed by atoms with Crippen LogP contribution in [0.3, 0.4) is 0 Å². The molecule has 1 aliphatic rings. The van der Waals surface area contributed by atoms with E-state index >= 15 is 0 Å². The minimum atomic E-state index is -0.0780. The number of aryl methyl sites for hydroxylation is 1. The van der Waals surface area contributed by atoms with Crippen molar-refractivity contribution in [2.24, 2.45) is 5.92 Å². The van der Waals surface area contributed by atoms with Crippen molar-refractivity contribution in [1.29, 1.82) is 0 Å². The Morgan fingerprint density at radius 3 is 2.55 bits per heavy atom. The first-order valence-corrected chi connectivity index (χ1v) is 10.8. The first-order chi connectivity index (χ1) is 15.1. The number of benzene rings is 2. The maximum Gasteiger partial charge on any atom is 0.224 e. The maximum atomic E-state index is 12.7. The van der Waals surface area contributed by atoms with Crippen molar-refractivity contribution in [1.82, 2.24) is 15.2 Å². The van der Waals surface area contributed by atoms with E-state index < -0.39 is 0 Å². The number of methoxy groups -OCH3 is 1. The van der Waals surface area contributed by atoms with Crippen LogP contribution in [0.15, 0.2) is 67.0 Å². The summed E-state index contributed by atoms with van der Waals surface area (Å²) in [5, 5.41) is 3.09. The third kappa shape index (κ3) is 5.30. The van der Waals surface area contributed by atoms with Gasteiger partial charge in [-0.3, -0.25) is 14.7 Å². The molecule has 0 saturated carbocycles. The molecule has 0 spiro atoms. The van der Waals surface area contributed by atoms with E-state index in [4.69, 9.17) is 4.74 Å². The van der Waals surface area contributed by atoms with Crippen molar-refractivity contribution >= 4 is 5.91 Å². The van der Waals surface area contributed by atoms with Gasteiger partial charge in [0.15, 0.2) is 0 Å². The van der Waals surface area contributed by atoms with E-state index in [2.05, 4.69) is 64.6 Å². The highest BCUT2D eigenvalue weighted by Crippen LogP contribution is 2.24. The Hall–Kier alpha value is -3.18. The fourth-order valence-corrected chi connectivity index (χ4v) is 4.15. The Balaban J connectivity index is 1.45. The molecule has 0 radical (unpaired) electrons. The molecule has 2 heterocycles. The third-order valence-corrected chi connectivity index (χ3v) is 5.86. The van der Waals surface area contributed by atoms with Gasteiger partial charge in [-0.2, -0.15) is 0 Å². The molecule has 0 aliphatic carbocycles. The van der Waals surface area contributed by atoms with Crippen LogP contribution in [0.4, 0.5) is 0 Å². The average Bonchev–Trinajstić information content (AvgIpc) is 2.97. The van der Waals surface area contributed by atoms with E-state index in [-0.39, 0.29) is 11.8 Å². The highest BCUT2D eigenvalue weighted by Gasteiger charge is 2.25. The highest BCUT2D eigenvalue weighted by atomic mass is 16.5. The molecule has 3 aromatic rings. The number of hydrogen-bond donors (Lipinski definition) is 1. The van der Waals surface area contributed by atoms with Gasteiger partial charge >= 0.3 is 0 Å². The van der Waals surface area contributed by atoms with E-state index in [0.29, 0.717) is 6.54 Å². The van der Waals surface area contributed by atoms with Crippen molar-refractivity contribution in [2.45, 2.75) is 19.9 Å². The number of ether oxygens (including phenoxy) is 1. The molecule has 1 atom stereocenters. The van der Waals surface area contributed by atoms with Crippen molar-refractivity contribution in [3.8, 4) is 16.9 Å². The van der Waals surface area contributed by atoms with E-state index in [0.717, 1.165) is 48.5 Å². The molecular formula is C26H29N3O2. The molecule has 1 aliphatic heterocycles. The number of nitrogens with zero attached hydrogens (tertiary/aromatic N) is 2. The Bertz CT molecular complexity index is 1020. The van der Waals surface area contributed by atoms with Gasteiger partial charge in [0.1, 0.15) is 5.75 Å². The fraction of sp³-hybridized carbons (Fsp3) is 0.308. The first kappa shape index (κ1) is 21.1. The summed E-state index contributed by atoms with van der Waals surface area (Å²) >= 11 is 0. The summed E-state index contributed by atoms with van der Waals surface area (Å²) in [7, 11) is 1.71. The molecule has 5 heteroatoms. The lowest BCUT2D eigenvalue weighted by molar-refractivity contribution is -0.124. The molecule has 4 rings (SSSR count). The van der Waals surface area contributed by atoms with E-state index in [1.54, 1.807) is 19.5 Å². The number of carbonyl (C=O) groups excluding carboxylic acids is 1. The van der Waals surface area contributed by atoms with Crippen LogP contribution in [0, 0.1) is 12.8 Å². The lowest BCUT2D eigenvalue weighted by Gasteiger charge is -2.24. The van der Waals surface area contributed by atoms with Gasteiger partial charge in [0.05, 0.1) is 13.0 Å². The largest absolute Gasteiger partial charge is 0.496 e. The van der Waals surface area contributed by atoms with Crippen LogP contribution in [-0.4, -0.2) is 42.5 Å². The number of amides is 1. The lowest BCUT2D eigenvalue weighted by Crippen LogP contribution is -2.33. The summed E-state index contributed by atoms with van der Waals surface area (Å²) in [6, 6.07) is 18.8. The minimum Gasteiger partial charge on any atom is -0.496 e. The summed E-state index contributed by atoms with van der Waals surface area (Å²) in [4.78, 5) is 19.1. The van der Waals surface area contributed by atoms with Gasteiger partial charge in [0.2, 0.25) is 5.91 Å². The quantitative estimate of drug-likeness (QED) is 0.664. The molecule has 1 fully saturated rings. The van der Waals surface area contributed by atoms with Crippen molar-refractivity contribution < 1.29 is 9.53 Å². The highest BCUT2D eigenvalue weighted by molar-refractivity contribution is 5.79. The van der Waals surface area contributed by atoms with Crippen molar-refractivity contribution in [3.63, 3.8) is 0 Å². The van der Waals surface area contributed by atoms with Crippen LogP contribution in [0.1, 0.15) is 16.7 Å². The lowest BCUT2D eigenvalue weighted by atomic mass is 9.96. The Labute approximate surface area is 184 Å². The summed E-state index contributed by atoms with van der Waals surface area (Å²) in [6.07, 6.45) is 4.33. The van der Waals surface area contributed by atoms with Crippen LogP contribution in [0.25, 0.3) is 11.1 Å². The summed E-state index contributed by atoms with van der Waals surface area (Å²) < 4.78 is 5.58. The van der Waals surface area contributed by atoms with Gasteiger partial charge in [0.25, 0.3) is 0 Å². The molecule has 5 nitrogen and oxygen atoms in total. The van der Waals surface area contributed by atoms with Gasteiger partial charge < -0.3 is 10.1 Å². The van der Waals surface area contributed by atoms with E-state index in [9.17, 15) is 4.79 Å².